The number of halogens is 1. The molecular formula is C23H19FN8O. The van der Waals surface area contributed by atoms with Crippen LogP contribution < -0.4 is 11.4 Å². The Balaban J connectivity index is 1.81. The molecule has 0 saturated carbocycles. The highest BCUT2D eigenvalue weighted by atomic mass is 19.1. The lowest BCUT2D eigenvalue weighted by molar-refractivity contribution is 0.590. The van der Waals surface area contributed by atoms with Crippen molar-refractivity contribution in [2.75, 3.05) is 5.73 Å². The molecule has 0 bridgehead atoms. The largest absolute Gasteiger partial charge is 0.369 e. The van der Waals surface area contributed by atoms with Gasteiger partial charge in [0.1, 0.15) is 12.4 Å². The van der Waals surface area contributed by atoms with Gasteiger partial charge in [0.25, 0.3) is 0 Å². The van der Waals surface area contributed by atoms with Gasteiger partial charge in [0, 0.05) is 17.0 Å². The summed E-state index contributed by atoms with van der Waals surface area (Å²) in [6.45, 7) is 3.75. The summed E-state index contributed by atoms with van der Waals surface area (Å²) in [5.74, 6) is -0.312. The molecule has 5 rings (SSSR count). The Labute approximate surface area is 187 Å². The van der Waals surface area contributed by atoms with Crippen LogP contribution >= 0.6 is 0 Å². The minimum absolute atomic E-state index is 0.00591. The number of nitrogens with zero attached hydrogens (tertiary/aromatic N) is 7. The van der Waals surface area contributed by atoms with Gasteiger partial charge in [-0.3, -0.25) is 4.98 Å². The van der Waals surface area contributed by atoms with E-state index in [0.717, 1.165) is 34.9 Å². The van der Waals surface area contributed by atoms with Crippen LogP contribution in [-0.4, -0.2) is 34.1 Å². The first-order chi connectivity index (χ1) is 15.9. The molecule has 1 aromatic carbocycles. The molecule has 164 valence electrons. The second kappa shape index (κ2) is 7.90. The molecule has 4 aromatic heterocycles. The van der Waals surface area contributed by atoms with E-state index in [9.17, 15) is 9.18 Å². The Morgan fingerprint density at radius 1 is 0.970 bits per heavy atom. The Hall–Kier alpha value is -4.47. The molecule has 0 spiro atoms. The second-order valence-corrected chi connectivity index (χ2v) is 7.61. The van der Waals surface area contributed by atoms with Crippen molar-refractivity contribution in [1.82, 2.24) is 34.1 Å². The maximum Gasteiger partial charge on any atom is 0.353 e. The minimum Gasteiger partial charge on any atom is -0.369 e. The number of benzene rings is 1. The zero-order valence-electron chi connectivity index (χ0n) is 17.9. The maximum absolute atomic E-state index is 13.2. The highest BCUT2D eigenvalue weighted by Crippen LogP contribution is 2.34. The summed E-state index contributed by atoms with van der Waals surface area (Å²) < 4.78 is 15.6. The van der Waals surface area contributed by atoms with Crippen molar-refractivity contribution >= 4 is 11.6 Å². The van der Waals surface area contributed by atoms with Crippen LogP contribution in [0.3, 0.4) is 0 Å². The van der Waals surface area contributed by atoms with Crippen LogP contribution in [0.4, 0.5) is 10.3 Å². The lowest BCUT2D eigenvalue weighted by atomic mass is 9.99. The standard InChI is InChI=1S/C23H19FN8O/c1-13-8-16(9-14(2)28-13)19-20(15-6-4-3-5-7-15)29-22(25)32-21(19)30-31(23(32)33)12-18-26-10-17(24)11-27-18/h3-11H,12H2,1-2H3,(H2,25,29). The van der Waals surface area contributed by atoms with Crippen LogP contribution in [0.2, 0.25) is 0 Å². The number of pyridine rings is 1. The third kappa shape index (κ3) is 3.71. The summed E-state index contributed by atoms with van der Waals surface area (Å²) in [5, 5.41) is 4.57. The molecule has 2 N–H and O–H groups in total. The first kappa shape index (κ1) is 20.4. The molecule has 4 heterocycles. The average molecular weight is 442 g/mol. The number of aromatic nitrogens is 7. The first-order valence-electron chi connectivity index (χ1n) is 10.2. The molecular weight excluding hydrogens is 423 g/mol. The lowest BCUT2D eigenvalue weighted by Crippen LogP contribution is -2.24. The van der Waals surface area contributed by atoms with Gasteiger partial charge in [-0.1, -0.05) is 30.3 Å². The minimum atomic E-state index is -0.562. The predicted molar refractivity (Wildman–Crippen MR) is 121 cm³/mol. The van der Waals surface area contributed by atoms with Gasteiger partial charge >= 0.3 is 5.69 Å². The van der Waals surface area contributed by atoms with Crippen molar-refractivity contribution in [2.45, 2.75) is 20.4 Å². The van der Waals surface area contributed by atoms with E-state index in [0.29, 0.717) is 16.9 Å². The molecule has 0 aliphatic carbocycles. The summed E-state index contributed by atoms with van der Waals surface area (Å²) in [6.07, 6.45) is 2.08. The fourth-order valence-corrected chi connectivity index (χ4v) is 3.81. The molecule has 0 amide bonds. The molecule has 0 fully saturated rings. The lowest BCUT2D eigenvalue weighted by Gasteiger charge is -2.13. The number of nitrogen functional groups attached to an aromatic ring is 1. The van der Waals surface area contributed by atoms with Gasteiger partial charge in [0.2, 0.25) is 5.95 Å². The van der Waals surface area contributed by atoms with Gasteiger partial charge in [-0.25, -0.2) is 33.2 Å². The van der Waals surface area contributed by atoms with E-state index in [4.69, 9.17) is 5.73 Å². The second-order valence-electron chi connectivity index (χ2n) is 7.61. The number of hydrogen-bond donors (Lipinski definition) is 1. The Kier molecular flexibility index (Phi) is 4.89. The predicted octanol–water partition coefficient (Wildman–Crippen LogP) is 2.80. The monoisotopic (exact) mass is 442 g/mol. The van der Waals surface area contributed by atoms with Gasteiger partial charge in [-0.2, -0.15) is 0 Å². The highest BCUT2D eigenvalue weighted by molar-refractivity contribution is 5.90. The highest BCUT2D eigenvalue weighted by Gasteiger charge is 2.22. The molecule has 0 radical (unpaired) electrons. The van der Waals surface area contributed by atoms with Crippen LogP contribution in [0.25, 0.3) is 28.0 Å². The van der Waals surface area contributed by atoms with Gasteiger partial charge in [0.05, 0.1) is 23.7 Å². The third-order valence-corrected chi connectivity index (χ3v) is 5.14. The van der Waals surface area contributed by atoms with E-state index < -0.39 is 11.5 Å². The van der Waals surface area contributed by atoms with Gasteiger partial charge in [-0.15, -0.1) is 5.10 Å². The first-order valence-corrected chi connectivity index (χ1v) is 10.2. The fourth-order valence-electron chi connectivity index (χ4n) is 3.81. The Morgan fingerprint density at radius 3 is 2.30 bits per heavy atom. The molecule has 0 unspecified atom stereocenters. The van der Waals surface area contributed by atoms with Crippen molar-refractivity contribution in [3.05, 3.63) is 88.4 Å². The van der Waals surface area contributed by atoms with Crippen molar-refractivity contribution < 1.29 is 4.39 Å². The van der Waals surface area contributed by atoms with E-state index >= 15 is 0 Å². The van der Waals surface area contributed by atoms with Crippen molar-refractivity contribution in [3.8, 4) is 22.4 Å². The Bertz CT molecular complexity index is 1520. The van der Waals surface area contributed by atoms with Gasteiger partial charge in [0.15, 0.2) is 11.5 Å². The quantitative estimate of drug-likeness (QED) is 0.455. The van der Waals surface area contributed by atoms with Crippen LogP contribution in [0, 0.1) is 19.7 Å². The number of hydrogen-bond acceptors (Lipinski definition) is 7. The van der Waals surface area contributed by atoms with E-state index in [1.165, 1.54) is 9.08 Å². The van der Waals surface area contributed by atoms with Crippen LogP contribution in [0.1, 0.15) is 17.2 Å². The van der Waals surface area contributed by atoms with Crippen LogP contribution in [0.5, 0.6) is 0 Å². The van der Waals surface area contributed by atoms with Gasteiger partial charge < -0.3 is 5.73 Å². The summed E-state index contributed by atoms with van der Waals surface area (Å²) in [5.41, 5.74) is 10.6. The zero-order chi connectivity index (χ0) is 23.1. The summed E-state index contributed by atoms with van der Waals surface area (Å²) in [7, 11) is 0. The van der Waals surface area contributed by atoms with Crippen LogP contribution in [-0.2, 0) is 6.54 Å². The molecule has 0 aliphatic rings. The number of aryl methyl sites for hydroxylation is 2. The van der Waals surface area contributed by atoms with Crippen molar-refractivity contribution in [2.24, 2.45) is 0 Å². The van der Waals surface area contributed by atoms with Crippen molar-refractivity contribution in [3.63, 3.8) is 0 Å². The van der Waals surface area contributed by atoms with Gasteiger partial charge in [-0.05, 0) is 31.5 Å². The number of rotatable bonds is 4. The summed E-state index contributed by atoms with van der Waals surface area (Å²) >= 11 is 0. The van der Waals surface area contributed by atoms with E-state index in [1.54, 1.807) is 0 Å². The number of nitrogens with two attached hydrogens (primary N) is 1. The molecule has 0 atom stereocenters. The summed E-state index contributed by atoms with van der Waals surface area (Å²) in [4.78, 5) is 30.1. The topological polar surface area (TPSA) is 117 Å². The normalized spacial score (nSPS) is 11.2. The SMILES string of the molecule is Cc1cc(-c2c(-c3ccccc3)nc(N)n3c(=O)n(Cc4ncc(F)cn4)nc23)cc(C)n1. The maximum atomic E-state index is 13.2. The van der Waals surface area contributed by atoms with Crippen LogP contribution in [0.15, 0.2) is 59.7 Å². The van der Waals surface area contributed by atoms with E-state index in [1.807, 2.05) is 56.3 Å². The molecule has 5 aromatic rings. The molecule has 9 nitrogen and oxygen atoms in total. The average Bonchev–Trinajstić information content (AvgIpc) is 3.11. The zero-order valence-corrected chi connectivity index (χ0v) is 17.9. The molecule has 10 heteroatoms. The third-order valence-electron chi connectivity index (χ3n) is 5.14. The van der Waals surface area contributed by atoms with E-state index in [2.05, 4.69) is 25.0 Å². The molecule has 33 heavy (non-hydrogen) atoms. The molecule has 0 saturated heterocycles. The van der Waals surface area contributed by atoms with E-state index in [-0.39, 0.29) is 18.3 Å². The van der Waals surface area contributed by atoms with Crippen molar-refractivity contribution in [1.29, 1.82) is 0 Å². The molecule has 0 aliphatic heterocycles. The Morgan fingerprint density at radius 2 is 1.64 bits per heavy atom. The fraction of sp³-hybridized carbons (Fsp3) is 0.130. The smallest absolute Gasteiger partial charge is 0.353 e. The summed E-state index contributed by atoms with van der Waals surface area (Å²) in [6, 6.07) is 13.4. The number of anilines is 1. The number of fused-ring (bicyclic) bond motifs is 1.